The van der Waals surface area contributed by atoms with Crippen LogP contribution in [0.1, 0.15) is 6.42 Å². The maximum absolute atomic E-state index is 11.6. The summed E-state index contributed by atoms with van der Waals surface area (Å²) in [6.45, 7) is -0.878. The van der Waals surface area contributed by atoms with Crippen LogP contribution in [-0.2, 0) is 20.4 Å². The van der Waals surface area contributed by atoms with Gasteiger partial charge in [-0.3, -0.25) is 18.9 Å². The van der Waals surface area contributed by atoms with Gasteiger partial charge < -0.3 is 24.4 Å². The van der Waals surface area contributed by atoms with E-state index in [9.17, 15) is 24.2 Å². The van der Waals surface area contributed by atoms with Crippen molar-refractivity contribution in [2.45, 2.75) is 19.1 Å². The summed E-state index contributed by atoms with van der Waals surface area (Å²) in [5.41, 5.74) is -1.24. The number of aromatic amines is 1. The summed E-state index contributed by atoms with van der Waals surface area (Å²) in [5.74, 6) is 0. The molecule has 0 saturated carbocycles. The predicted molar refractivity (Wildman–Crippen MR) is 75.6 cm³/mol. The number of hydrogen-bond acceptors (Lipinski definition) is 7. The first kappa shape index (κ1) is 18.8. The maximum atomic E-state index is 11.6. The van der Waals surface area contributed by atoms with Crippen LogP contribution in [-0.4, -0.2) is 56.9 Å². The molecular formula is C11H19N2O8P. The number of nitrogens with one attached hydrogen (secondary N) is 1. The Morgan fingerprint density at radius 1 is 1.36 bits per heavy atom. The zero-order valence-electron chi connectivity index (χ0n) is 11.8. The van der Waals surface area contributed by atoms with E-state index in [1.165, 1.54) is 6.20 Å². The fraction of sp³-hybridized carbons (Fsp3) is 0.636. The van der Waals surface area contributed by atoms with E-state index < -0.39 is 37.9 Å². The lowest BCUT2D eigenvalue weighted by atomic mass is 10.3. The zero-order valence-corrected chi connectivity index (χ0v) is 12.6. The molecule has 0 aliphatic heterocycles. The van der Waals surface area contributed by atoms with Crippen LogP contribution in [0.25, 0.3) is 0 Å². The monoisotopic (exact) mass is 338 g/mol. The van der Waals surface area contributed by atoms with Crippen LogP contribution in [0.5, 0.6) is 0 Å². The first-order chi connectivity index (χ1) is 10.4. The average Bonchev–Trinajstić information content (AvgIpc) is 2.45. The van der Waals surface area contributed by atoms with Crippen molar-refractivity contribution in [2.75, 3.05) is 26.2 Å². The summed E-state index contributed by atoms with van der Waals surface area (Å²) < 4.78 is 22.5. The summed E-state index contributed by atoms with van der Waals surface area (Å²) in [4.78, 5) is 33.9. The highest BCUT2D eigenvalue weighted by molar-refractivity contribution is 7.52. The molecule has 0 radical (unpaired) electrons. The van der Waals surface area contributed by atoms with Gasteiger partial charge >= 0.3 is 13.3 Å². The third kappa shape index (κ3) is 6.65. The summed E-state index contributed by atoms with van der Waals surface area (Å²) in [7, 11) is -4.00. The second kappa shape index (κ2) is 8.99. The first-order valence-electron chi connectivity index (χ1n) is 6.47. The van der Waals surface area contributed by atoms with E-state index in [1.807, 2.05) is 4.98 Å². The number of aliphatic hydroxyl groups excluding tert-OH is 2. The molecule has 0 aliphatic carbocycles. The van der Waals surface area contributed by atoms with E-state index in [0.29, 0.717) is 0 Å². The van der Waals surface area contributed by atoms with Crippen LogP contribution < -0.4 is 11.2 Å². The van der Waals surface area contributed by atoms with Crippen molar-refractivity contribution in [1.82, 2.24) is 9.55 Å². The Morgan fingerprint density at radius 2 is 2.09 bits per heavy atom. The number of ether oxygens (including phenoxy) is 1. The molecule has 0 saturated heterocycles. The van der Waals surface area contributed by atoms with Crippen molar-refractivity contribution in [2.24, 2.45) is 0 Å². The van der Waals surface area contributed by atoms with Gasteiger partial charge in [0.05, 0.1) is 25.9 Å². The Labute approximate surface area is 125 Å². The van der Waals surface area contributed by atoms with Crippen molar-refractivity contribution in [3.05, 3.63) is 33.1 Å². The largest absolute Gasteiger partial charge is 0.396 e. The molecule has 22 heavy (non-hydrogen) atoms. The average molecular weight is 338 g/mol. The minimum absolute atomic E-state index is 0.100. The standard InChI is InChI=1S/C11H19N2O8P/c14-4-1-5-21-22(18,19)8-20-9(7-15)6-13-3-2-10(16)12-11(13)17/h2-3,9,14-15H,1,4-8H2,(H,18,19)(H,12,16,17)/t9-/m0/s1. The highest BCUT2D eigenvalue weighted by atomic mass is 31.2. The summed E-state index contributed by atoms with van der Waals surface area (Å²) in [6.07, 6.45) is -0.156. The molecule has 0 aromatic carbocycles. The van der Waals surface area contributed by atoms with E-state index in [4.69, 9.17) is 9.84 Å². The lowest BCUT2D eigenvalue weighted by Gasteiger charge is -2.18. The van der Waals surface area contributed by atoms with Crippen molar-refractivity contribution >= 4 is 7.60 Å². The van der Waals surface area contributed by atoms with Crippen molar-refractivity contribution in [3.63, 3.8) is 0 Å². The van der Waals surface area contributed by atoms with E-state index in [0.717, 1.165) is 10.6 Å². The zero-order chi connectivity index (χ0) is 16.6. The Hall–Kier alpha value is -1.29. The number of nitrogens with zero attached hydrogens (tertiary/aromatic N) is 1. The van der Waals surface area contributed by atoms with Crippen molar-refractivity contribution in [3.8, 4) is 0 Å². The first-order valence-corrected chi connectivity index (χ1v) is 8.23. The van der Waals surface area contributed by atoms with Gasteiger partial charge in [0, 0.05) is 18.9 Å². The molecule has 0 spiro atoms. The van der Waals surface area contributed by atoms with E-state index in [-0.39, 0.29) is 26.2 Å². The van der Waals surface area contributed by atoms with Gasteiger partial charge in [-0.2, -0.15) is 0 Å². The van der Waals surface area contributed by atoms with Crippen LogP contribution in [0.3, 0.4) is 0 Å². The molecule has 2 atom stereocenters. The summed E-state index contributed by atoms with van der Waals surface area (Å²) in [5, 5.41) is 17.7. The molecule has 10 nitrogen and oxygen atoms in total. The molecule has 1 heterocycles. The van der Waals surface area contributed by atoms with Gasteiger partial charge in [-0.1, -0.05) is 0 Å². The van der Waals surface area contributed by atoms with Gasteiger partial charge in [0.25, 0.3) is 5.56 Å². The number of aliphatic hydroxyl groups is 2. The summed E-state index contributed by atoms with van der Waals surface area (Å²) >= 11 is 0. The van der Waals surface area contributed by atoms with Crippen LogP contribution in [0.2, 0.25) is 0 Å². The normalized spacial score (nSPS) is 15.4. The Morgan fingerprint density at radius 3 is 2.68 bits per heavy atom. The third-order valence-electron chi connectivity index (χ3n) is 2.57. The molecule has 4 N–H and O–H groups in total. The van der Waals surface area contributed by atoms with Crippen molar-refractivity contribution in [1.29, 1.82) is 0 Å². The van der Waals surface area contributed by atoms with Crippen LogP contribution in [0.15, 0.2) is 21.9 Å². The molecule has 0 aliphatic rings. The topological polar surface area (TPSA) is 151 Å². The molecule has 0 bridgehead atoms. The Bertz CT molecular complexity index is 613. The van der Waals surface area contributed by atoms with E-state index in [2.05, 4.69) is 4.52 Å². The van der Waals surface area contributed by atoms with Gasteiger partial charge in [0.15, 0.2) is 0 Å². The fourth-order valence-electron chi connectivity index (χ4n) is 1.48. The fourth-order valence-corrected chi connectivity index (χ4v) is 2.37. The molecule has 1 rings (SSSR count). The van der Waals surface area contributed by atoms with E-state index >= 15 is 0 Å². The lowest BCUT2D eigenvalue weighted by molar-refractivity contribution is 0.0165. The summed E-state index contributed by atoms with van der Waals surface area (Å²) in [6, 6.07) is 1.13. The van der Waals surface area contributed by atoms with Gasteiger partial charge in [-0.15, -0.1) is 0 Å². The van der Waals surface area contributed by atoms with Gasteiger partial charge in [0.1, 0.15) is 6.35 Å². The molecule has 11 heteroatoms. The molecule has 1 aromatic heterocycles. The van der Waals surface area contributed by atoms with Crippen molar-refractivity contribution < 1.29 is 28.9 Å². The van der Waals surface area contributed by atoms with Gasteiger partial charge in [0.2, 0.25) is 0 Å². The maximum Gasteiger partial charge on any atom is 0.353 e. The second-order valence-electron chi connectivity index (χ2n) is 4.41. The van der Waals surface area contributed by atoms with Crippen LogP contribution in [0.4, 0.5) is 0 Å². The highest BCUT2D eigenvalue weighted by Gasteiger charge is 2.22. The third-order valence-corrected chi connectivity index (χ3v) is 3.63. The van der Waals surface area contributed by atoms with Crippen LogP contribution >= 0.6 is 7.60 Å². The van der Waals surface area contributed by atoms with E-state index in [1.54, 1.807) is 0 Å². The quantitative estimate of drug-likeness (QED) is 0.296. The van der Waals surface area contributed by atoms with Crippen LogP contribution in [0, 0.1) is 0 Å². The number of aromatic nitrogens is 2. The predicted octanol–water partition coefficient (Wildman–Crippen LogP) is -1.54. The number of H-pyrrole nitrogens is 1. The molecule has 126 valence electrons. The molecule has 1 aromatic rings. The smallest absolute Gasteiger partial charge is 0.353 e. The Balaban J connectivity index is 2.56. The van der Waals surface area contributed by atoms with Gasteiger partial charge in [-0.25, -0.2) is 4.79 Å². The molecule has 0 amide bonds. The molecular weight excluding hydrogens is 319 g/mol. The number of hydrogen-bond donors (Lipinski definition) is 4. The SMILES string of the molecule is O=c1ccn(C[C@@H](CO)OCP(=O)(O)OCCCO)c(=O)[nH]1. The molecule has 1 unspecified atom stereocenters. The minimum atomic E-state index is -4.00. The highest BCUT2D eigenvalue weighted by Crippen LogP contribution is 2.42. The minimum Gasteiger partial charge on any atom is -0.396 e. The number of rotatable bonds is 10. The van der Waals surface area contributed by atoms with Gasteiger partial charge in [-0.05, 0) is 6.42 Å². The lowest BCUT2D eigenvalue weighted by Crippen LogP contribution is -2.34. The second-order valence-corrected chi connectivity index (χ2v) is 6.20. The molecule has 0 fully saturated rings. The Kier molecular flexibility index (Phi) is 7.66.